The Morgan fingerprint density at radius 3 is 2.71 bits per heavy atom. The van der Waals surface area contributed by atoms with Crippen LogP contribution in [-0.4, -0.2) is 77.1 Å². The second-order valence-electron chi connectivity index (χ2n) is 6.31. The fraction of sp³-hybridized carbons (Fsp3) is 0.650. The molecule has 0 aliphatic carbocycles. The molecule has 0 unspecified atom stereocenters. The number of benzene rings is 1. The predicted molar refractivity (Wildman–Crippen MR) is 124 cm³/mol. The second-order valence-corrected chi connectivity index (χ2v) is 6.31. The molecule has 0 radical (unpaired) electrons. The molecule has 8 heteroatoms. The number of morpholine rings is 1. The van der Waals surface area contributed by atoms with Crippen LogP contribution in [0.5, 0.6) is 5.75 Å². The summed E-state index contributed by atoms with van der Waals surface area (Å²) in [6.45, 7) is 10.2. The molecule has 0 aromatic heterocycles. The lowest BCUT2D eigenvalue weighted by atomic mass is 10.2. The molecule has 160 valence electrons. The molecule has 1 heterocycles. The largest absolute Gasteiger partial charge is 0.492 e. The zero-order valence-corrected chi connectivity index (χ0v) is 19.4. The number of halogens is 1. The standard InChI is InChI=1S/C20H34N4O3.HI/c1-3-25-13-6-9-22-20(21-2)23-17-18-7-4-5-8-19(18)27-16-12-24-10-14-26-15-11-24;/h4-5,7-8H,3,6,9-17H2,1-2H3,(H2,21,22,23);1H. The van der Waals surface area contributed by atoms with Gasteiger partial charge in [0.1, 0.15) is 12.4 Å². The second kappa shape index (κ2) is 15.8. The van der Waals surface area contributed by atoms with Crippen molar-refractivity contribution < 1.29 is 14.2 Å². The van der Waals surface area contributed by atoms with Gasteiger partial charge in [0, 0.05) is 58.5 Å². The Labute approximate surface area is 186 Å². The van der Waals surface area contributed by atoms with Crippen molar-refractivity contribution in [1.82, 2.24) is 15.5 Å². The van der Waals surface area contributed by atoms with Crippen LogP contribution < -0.4 is 15.4 Å². The topological polar surface area (TPSA) is 67.3 Å². The number of ether oxygens (including phenoxy) is 3. The monoisotopic (exact) mass is 506 g/mol. The summed E-state index contributed by atoms with van der Waals surface area (Å²) in [4.78, 5) is 6.64. The first-order chi connectivity index (χ1) is 13.3. The molecule has 2 N–H and O–H groups in total. The molecule has 1 aliphatic heterocycles. The van der Waals surface area contributed by atoms with Gasteiger partial charge in [0.15, 0.2) is 5.96 Å². The maximum atomic E-state index is 6.03. The fourth-order valence-electron chi connectivity index (χ4n) is 2.83. The summed E-state index contributed by atoms with van der Waals surface area (Å²) in [6.07, 6.45) is 0.954. The quantitative estimate of drug-likeness (QED) is 0.208. The molecule has 0 atom stereocenters. The first-order valence-corrected chi connectivity index (χ1v) is 9.86. The van der Waals surface area contributed by atoms with Crippen LogP contribution in [0.4, 0.5) is 0 Å². The Hall–Kier alpha value is -1.10. The van der Waals surface area contributed by atoms with E-state index in [2.05, 4.69) is 26.6 Å². The smallest absolute Gasteiger partial charge is 0.191 e. The molecule has 1 aromatic rings. The predicted octanol–water partition coefficient (Wildman–Crippen LogP) is 2.11. The first-order valence-electron chi connectivity index (χ1n) is 9.86. The summed E-state index contributed by atoms with van der Waals surface area (Å²) in [5.74, 6) is 1.71. The molecule has 0 spiro atoms. The number of nitrogens with zero attached hydrogens (tertiary/aromatic N) is 2. The summed E-state index contributed by atoms with van der Waals surface area (Å²) >= 11 is 0. The van der Waals surface area contributed by atoms with Gasteiger partial charge in [0.05, 0.1) is 13.2 Å². The van der Waals surface area contributed by atoms with Gasteiger partial charge in [-0.2, -0.15) is 0 Å². The Morgan fingerprint density at radius 1 is 1.18 bits per heavy atom. The average Bonchev–Trinajstić information content (AvgIpc) is 2.72. The van der Waals surface area contributed by atoms with Gasteiger partial charge in [0.2, 0.25) is 0 Å². The van der Waals surface area contributed by atoms with Gasteiger partial charge in [-0.05, 0) is 19.4 Å². The summed E-state index contributed by atoms with van der Waals surface area (Å²) < 4.78 is 16.8. The Bertz CT molecular complexity index is 554. The van der Waals surface area contributed by atoms with Crippen LogP contribution >= 0.6 is 24.0 Å². The van der Waals surface area contributed by atoms with E-state index in [9.17, 15) is 0 Å². The van der Waals surface area contributed by atoms with Gasteiger partial charge in [-0.25, -0.2) is 0 Å². The number of para-hydroxylation sites is 1. The minimum atomic E-state index is 0. The highest BCUT2D eigenvalue weighted by Gasteiger charge is 2.10. The lowest BCUT2D eigenvalue weighted by Crippen LogP contribution is -2.39. The van der Waals surface area contributed by atoms with Gasteiger partial charge in [-0.1, -0.05) is 18.2 Å². The van der Waals surface area contributed by atoms with Crippen LogP contribution in [0.2, 0.25) is 0 Å². The lowest BCUT2D eigenvalue weighted by Gasteiger charge is -2.26. The third-order valence-electron chi connectivity index (χ3n) is 4.37. The molecular formula is C20H35IN4O3. The Kier molecular flexibility index (Phi) is 14.1. The minimum Gasteiger partial charge on any atom is -0.492 e. The van der Waals surface area contributed by atoms with Crippen LogP contribution in [0, 0.1) is 0 Å². The molecule has 1 fully saturated rings. The molecule has 1 aromatic carbocycles. The maximum Gasteiger partial charge on any atom is 0.191 e. The molecular weight excluding hydrogens is 471 g/mol. The lowest BCUT2D eigenvalue weighted by molar-refractivity contribution is 0.0322. The molecule has 1 saturated heterocycles. The molecule has 0 saturated carbocycles. The molecule has 28 heavy (non-hydrogen) atoms. The van der Waals surface area contributed by atoms with Gasteiger partial charge in [-0.3, -0.25) is 9.89 Å². The van der Waals surface area contributed by atoms with Crippen molar-refractivity contribution in [2.75, 3.05) is 66.3 Å². The van der Waals surface area contributed by atoms with Crippen LogP contribution in [-0.2, 0) is 16.0 Å². The Morgan fingerprint density at radius 2 is 1.96 bits per heavy atom. The minimum absolute atomic E-state index is 0. The molecule has 7 nitrogen and oxygen atoms in total. The Balaban J connectivity index is 0.00000392. The molecule has 1 aliphatic rings. The third-order valence-corrected chi connectivity index (χ3v) is 4.37. The van der Waals surface area contributed by atoms with Crippen molar-refractivity contribution >= 4 is 29.9 Å². The summed E-state index contributed by atoms with van der Waals surface area (Å²) in [7, 11) is 1.78. The average molecular weight is 506 g/mol. The maximum absolute atomic E-state index is 6.03. The SMILES string of the molecule is CCOCCCNC(=NC)NCc1ccccc1OCCN1CCOCC1.I. The number of rotatable bonds is 11. The summed E-state index contributed by atoms with van der Waals surface area (Å²) in [6, 6.07) is 8.15. The summed E-state index contributed by atoms with van der Waals surface area (Å²) in [5.41, 5.74) is 1.12. The van der Waals surface area contributed by atoms with E-state index in [4.69, 9.17) is 14.2 Å². The van der Waals surface area contributed by atoms with Crippen molar-refractivity contribution in [1.29, 1.82) is 0 Å². The number of nitrogens with one attached hydrogen (secondary N) is 2. The van der Waals surface area contributed by atoms with Gasteiger partial charge in [0.25, 0.3) is 0 Å². The van der Waals surface area contributed by atoms with Crippen LogP contribution in [0.3, 0.4) is 0 Å². The van der Waals surface area contributed by atoms with Crippen molar-refractivity contribution in [3.05, 3.63) is 29.8 Å². The van der Waals surface area contributed by atoms with Crippen molar-refractivity contribution in [3.63, 3.8) is 0 Å². The van der Waals surface area contributed by atoms with Gasteiger partial charge in [-0.15, -0.1) is 24.0 Å². The van der Waals surface area contributed by atoms with E-state index < -0.39 is 0 Å². The normalized spacial score (nSPS) is 15.0. The van der Waals surface area contributed by atoms with E-state index in [1.807, 2.05) is 25.1 Å². The van der Waals surface area contributed by atoms with E-state index in [-0.39, 0.29) is 24.0 Å². The number of aliphatic imine (C=N–C) groups is 1. The highest BCUT2D eigenvalue weighted by molar-refractivity contribution is 14.0. The zero-order chi connectivity index (χ0) is 19.2. The molecule has 0 bridgehead atoms. The highest BCUT2D eigenvalue weighted by atomic mass is 127. The number of hydrogen-bond acceptors (Lipinski definition) is 5. The van der Waals surface area contributed by atoms with Crippen molar-refractivity contribution in [2.45, 2.75) is 19.9 Å². The van der Waals surface area contributed by atoms with Gasteiger partial charge < -0.3 is 24.8 Å². The van der Waals surface area contributed by atoms with E-state index in [0.29, 0.717) is 13.2 Å². The van der Waals surface area contributed by atoms with E-state index in [1.165, 1.54) is 0 Å². The first kappa shape index (κ1) is 24.9. The van der Waals surface area contributed by atoms with Crippen LogP contribution in [0.1, 0.15) is 18.9 Å². The van der Waals surface area contributed by atoms with Gasteiger partial charge >= 0.3 is 0 Å². The van der Waals surface area contributed by atoms with Crippen molar-refractivity contribution in [3.8, 4) is 5.75 Å². The number of guanidine groups is 1. The van der Waals surface area contributed by atoms with E-state index >= 15 is 0 Å². The van der Waals surface area contributed by atoms with Crippen LogP contribution in [0.25, 0.3) is 0 Å². The van der Waals surface area contributed by atoms with E-state index in [0.717, 1.165) is 76.3 Å². The highest BCUT2D eigenvalue weighted by Crippen LogP contribution is 2.17. The third kappa shape index (κ3) is 9.90. The van der Waals surface area contributed by atoms with Crippen molar-refractivity contribution in [2.24, 2.45) is 4.99 Å². The molecule has 2 rings (SSSR count). The number of hydrogen-bond donors (Lipinski definition) is 2. The molecule has 0 amide bonds. The fourth-order valence-corrected chi connectivity index (χ4v) is 2.83. The summed E-state index contributed by atoms with van der Waals surface area (Å²) in [5, 5.41) is 6.65. The van der Waals surface area contributed by atoms with E-state index in [1.54, 1.807) is 7.05 Å². The van der Waals surface area contributed by atoms with Crippen LogP contribution in [0.15, 0.2) is 29.3 Å². The zero-order valence-electron chi connectivity index (χ0n) is 17.1.